The van der Waals surface area contributed by atoms with Gasteiger partial charge in [-0.05, 0) is 24.7 Å². The highest BCUT2D eigenvalue weighted by Gasteiger charge is 2.75. The molecule has 3 rings (SSSR count). The van der Waals surface area contributed by atoms with Crippen molar-refractivity contribution in [2.24, 2.45) is 28.6 Å². The molecule has 1 N–H and O–H groups in total. The number of aliphatic hydroxyl groups excluding tert-OH is 1. The molecule has 0 aromatic heterocycles. The minimum absolute atomic E-state index is 0.0880. The number of carbonyl (C=O) groups is 1. The van der Waals surface area contributed by atoms with E-state index in [9.17, 15) is 9.90 Å². The third kappa shape index (κ3) is 0.992. The Hall–Kier alpha value is -0.670. The summed E-state index contributed by atoms with van der Waals surface area (Å²) in [4.78, 5) is 12.0. The van der Waals surface area contributed by atoms with Crippen LogP contribution < -0.4 is 0 Å². The van der Waals surface area contributed by atoms with Crippen molar-refractivity contribution in [3.63, 3.8) is 0 Å². The smallest absolute Gasteiger partial charge is 0.129 e. The van der Waals surface area contributed by atoms with Gasteiger partial charge in [0.1, 0.15) is 6.29 Å². The van der Waals surface area contributed by atoms with E-state index in [0.717, 1.165) is 31.1 Å². The summed E-state index contributed by atoms with van der Waals surface area (Å²) in [5.41, 5.74) is 0.556. The number of aliphatic hydroxyl groups is 1. The predicted octanol–water partition coefficient (Wildman–Crippen LogP) is 1.80. The SMILES string of the molecule is C=C1[C@H]2[C@H](CO)[C@H]3CCC[C@]1(C)[C@@]3(C=O)[C@@H]2OC. The van der Waals surface area contributed by atoms with E-state index in [0.29, 0.717) is 0 Å². The topological polar surface area (TPSA) is 46.5 Å². The third-order valence-corrected chi connectivity index (χ3v) is 6.31. The maximum Gasteiger partial charge on any atom is 0.129 e. The Kier molecular flexibility index (Phi) is 2.52. The summed E-state index contributed by atoms with van der Waals surface area (Å²) in [6, 6.07) is 0. The van der Waals surface area contributed by atoms with Crippen LogP contribution in [0.5, 0.6) is 0 Å². The molecule has 0 aromatic rings. The predicted molar refractivity (Wildman–Crippen MR) is 67.9 cm³/mol. The van der Waals surface area contributed by atoms with Crippen molar-refractivity contribution >= 4 is 6.29 Å². The van der Waals surface area contributed by atoms with Crippen LogP contribution in [-0.4, -0.2) is 31.2 Å². The van der Waals surface area contributed by atoms with Crippen molar-refractivity contribution in [1.29, 1.82) is 0 Å². The number of ether oxygens (including phenoxy) is 1. The molecule has 6 atom stereocenters. The summed E-state index contributed by atoms with van der Waals surface area (Å²) in [6.45, 7) is 6.58. The third-order valence-electron chi connectivity index (χ3n) is 6.31. The summed E-state index contributed by atoms with van der Waals surface area (Å²) >= 11 is 0. The van der Waals surface area contributed by atoms with Gasteiger partial charge in [-0.1, -0.05) is 25.5 Å². The average molecular weight is 250 g/mol. The van der Waals surface area contributed by atoms with Crippen molar-refractivity contribution < 1.29 is 14.6 Å². The second-order valence-electron chi connectivity index (χ2n) is 6.44. The zero-order valence-electron chi connectivity index (χ0n) is 11.2. The quantitative estimate of drug-likeness (QED) is 0.613. The van der Waals surface area contributed by atoms with E-state index in [1.807, 2.05) is 0 Å². The van der Waals surface area contributed by atoms with Crippen LogP contribution in [0.1, 0.15) is 26.2 Å². The van der Waals surface area contributed by atoms with E-state index in [-0.39, 0.29) is 35.9 Å². The van der Waals surface area contributed by atoms with E-state index >= 15 is 0 Å². The Morgan fingerprint density at radius 1 is 1.61 bits per heavy atom. The molecule has 3 heteroatoms. The molecule has 100 valence electrons. The largest absolute Gasteiger partial charge is 0.396 e. The number of methoxy groups -OCH3 is 1. The summed E-state index contributed by atoms with van der Waals surface area (Å²) < 4.78 is 5.69. The molecule has 2 bridgehead atoms. The highest BCUT2D eigenvalue weighted by molar-refractivity contribution is 5.69. The van der Waals surface area contributed by atoms with Crippen molar-refractivity contribution in [3.05, 3.63) is 12.2 Å². The van der Waals surface area contributed by atoms with Crippen LogP contribution in [0.2, 0.25) is 0 Å². The van der Waals surface area contributed by atoms with Gasteiger partial charge in [-0.25, -0.2) is 0 Å². The maximum atomic E-state index is 12.0. The van der Waals surface area contributed by atoms with Gasteiger partial charge < -0.3 is 14.6 Å². The molecule has 3 saturated carbocycles. The Bertz CT molecular complexity index is 405. The number of carbonyl (C=O) groups excluding carboxylic acids is 1. The number of fused-ring (bicyclic) bond motifs is 1. The molecule has 0 aliphatic heterocycles. The van der Waals surface area contributed by atoms with E-state index in [1.165, 1.54) is 0 Å². The number of hydrogen-bond acceptors (Lipinski definition) is 3. The minimum Gasteiger partial charge on any atom is -0.396 e. The zero-order valence-corrected chi connectivity index (χ0v) is 11.2. The van der Waals surface area contributed by atoms with Crippen LogP contribution >= 0.6 is 0 Å². The lowest BCUT2D eigenvalue weighted by atomic mass is 9.50. The molecular formula is C15H22O3. The number of hydrogen-bond donors (Lipinski definition) is 1. The monoisotopic (exact) mass is 250 g/mol. The van der Waals surface area contributed by atoms with E-state index in [1.54, 1.807) is 7.11 Å². The fourth-order valence-electron chi connectivity index (χ4n) is 5.52. The average Bonchev–Trinajstić information content (AvgIpc) is 2.77. The van der Waals surface area contributed by atoms with Gasteiger partial charge in [0.05, 0.1) is 11.5 Å². The van der Waals surface area contributed by atoms with Crippen molar-refractivity contribution in [3.8, 4) is 0 Å². The van der Waals surface area contributed by atoms with Gasteiger partial charge in [0.25, 0.3) is 0 Å². The van der Waals surface area contributed by atoms with Crippen LogP contribution in [0.25, 0.3) is 0 Å². The van der Waals surface area contributed by atoms with Gasteiger partial charge in [0.2, 0.25) is 0 Å². The van der Waals surface area contributed by atoms with E-state index in [2.05, 4.69) is 13.5 Å². The van der Waals surface area contributed by atoms with Crippen LogP contribution in [0, 0.1) is 28.6 Å². The van der Waals surface area contributed by atoms with Crippen molar-refractivity contribution in [2.75, 3.05) is 13.7 Å². The highest BCUT2D eigenvalue weighted by atomic mass is 16.5. The molecule has 0 saturated heterocycles. The lowest BCUT2D eigenvalue weighted by molar-refractivity contribution is -0.140. The number of aldehydes is 1. The van der Waals surface area contributed by atoms with E-state index < -0.39 is 5.41 Å². The second kappa shape index (κ2) is 3.67. The lowest BCUT2D eigenvalue weighted by Crippen LogP contribution is -2.53. The Balaban J connectivity index is 2.20. The normalized spacial score (nSPS) is 53.8. The fourth-order valence-corrected chi connectivity index (χ4v) is 5.52. The molecule has 3 aliphatic rings. The molecule has 0 heterocycles. The standard InChI is InChI=1S/C15H22O3/c1-9-12-10(7-16)11-5-4-6-14(9,2)15(11,8-17)13(12)18-3/h8,10-13,16H,1,4-7H2,2-3H3/t10-,11-,12+,13-,14+,15-/m1/s1. The summed E-state index contributed by atoms with van der Waals surface area (Å²) in [7, 11) is 1.69. The van der Waals surface area contributed by atoms with Gasteiger partial charge in [-0.3, -0.25) is 0 Å². The van der Waals surface area contributed by atoms with Crippen LogP contribution in [-0.2, 0) is 9.53 Å². The van der Waals surface area contributed by atoms with Gasteiger partial charge in [-0.15, -0.1) is 0 Å². The molecule has 0 unspecified atom stereocenters. The summed E-state index contributed by atoms with van der Waals surface area (Å²) in [5, 5.41) is 9.71. The molecule has 3 nitrogen and oxygen atoms in total. The molecule has 18 heavy (non-hydrogen) atoms. The molecule has 0 radical (unpaired) electrons. The van der Waals surface area contributed by atoms with Crippen LogP contribution in [0.15, 0.2) is 12.2 Å². The molecule has 0 amide bonds. The molecule has 3 aliphatic carbocycles. The molecule has 3 fully saturated rings. The van der Waals surface area contributed by atoms with Gasteiger partial charge in [0, 0.05) is 25.0 Å². The van der Waals surface area contributed by atoms with Gasteiger partial charge in [0.15, 0.2) is 0 Å². The first-order valence-corrected chi connectivity index (χ1v) is 6.87. The summed E-state index contributed by atoms with van der Waals surface area (Å²) in [6.07, 6.45) is 4.22. The molecule has 0 aromatic carbocycles. The summed E-state index contributed by atoms with van der Waals surface area (Å²) in [5.74, 6) is 0.570. The lowest BCUT2D eigenvalue weighted by Gasteiger charge is -2.53. The van der Waals surface area contributed by atoms with E-state index in [4.69, 9.17) is 4.74 Å². The maximum absolute atomic E-state index is 12.0. The Morgan fingerprint density at radius 2 is 2.33 bits per heavy atom. The van der Waals surface area contributed by atoms with Crippen molar-refractivity contribution in [2.45, 2.75) is 32.3 Å². The van der Waals surface area contributed by atoms with Gasteiger partial charge in [-0.2, -0.15) is 0 Å². The minimum atomic E-state index is -0.449. The van der Waals surface area contributed by atoms with Crippen molar-refractivity contribution in [1.82, 2.24) is 0 Å². The van der Waals surface area contributed by atoms with Crippen LogP contribution in [0.3, 0.4) is 0 Å². The highest BCUT2D eigenvalue weighted by Crippen LogP contribution is 2.74. The first-order chi connectivity index (χ1) is 8.58. The number of rotatable bonds is 3. The fraction of sp³-hybridized carbons (Fsp3) is 0.800. The zero-order chi connectivity index (χ0) is 13.1. The Morgan fingerprint density at radius 3 is 2.89 bits per heavy atom. The Labute approximate surface area is 108 Å². The first kappa shape index (κ1) is 12.4. The van der Waals surface area contributed by atoms with Gasteiger partial charge >= 0.3 is 0 Å². The molecular weight excluding hydrogens is 228 g/mol. The second-order valence-corrected chi connectivity index (χ2v) is 6.44. The van der Waals surface area contributed by atoms with Crippen LogP contribution in [0.4, 0.5) is 0 Å². The first-order valence-electron chi connectivity index (χ1n) is 6.87. The molecule has 0 spiro atoms.